The minimum Gasteiger partial charge on any atom is -0.379 e. The molecule has 3 rings (SSSR count). The van der Waals surface area contributed by atoms with E-state index in [0.29, 0.717) is 16.3 Å². The van der Waals surface area contributed by atoms with Crippen LogP contribution in [0.5, 0.6) is 0 Å². The third-order valence-corrected chi connectivity index (χ3v) is 5.08. The Morgan fingerprint density at radius 2 is 1.71 bits per heavy atom. The Labute approximate surface area is 173 Å². The average molecular weight is 422 g/mol. The molecule has 2 aromatic carbocycles. The number of carbonyl (C=O) groups is 2. The molecule has 0 spiro atoms. The van der Waals surface area contributed by atoms with E-state index in [2.05, 4.69) is 15.5 Å². The quantitative estimate of drug-likeness (QED) is 0.750. The summed E-state index contributed by atoms with van der Waals surface area (Å²) in [7, 11) is 0. The van der Waals surface area contributed by atoms with Gasteiger partial charge < -0.3 is 15.4 Å². The van der Waals surface area contributed by atoms with Crippen LogP contribution in [0.15, 0.2) is 42.5 Å². The fourth-order valence-corrected chi connectivity index (χ4v) is 3.11. The smallest absolute Gasteiger partial charge is 0.251 e. The number of halogens is 2. The van der Waals surface area contributed by atoms with Crippen LogP contribution in [0.3, 0.4) is 0 Å². The van der Waals surface area contributed by atoms with Gasteiger partial charge >= 0.3 is 0 Å². The van der Waals surface area contributed by atoms with Gasteiger partial charge in [-0.3, -0.25) is 14.5 Å². The number of nitrogens with one attached hydrogen (secondary N) is 2. The van der Waals surface area contributed by atoms with Crippen molar-refractivity contribution >= 4 is 40.7 Å². The van der Waals surface area contributed by atoms with Crippen molar-refractivity contribution in [2.45, 2.75) is 6.54 Å². The van der Waals surface area contributed by atoms with Crippen molar-refractivity contribution in [3.05, 3.63) is 63.6 Å². The number of morpholine rings is 1. The first-order chi connectivity index (χ1) is 13.5. The van der Waals surface area contributed by atoms with Gasteiger partial charge in [0.05, 0.1) is 29.8 Å². The van der Waals surface area contributed by atoms with Crippen LogP contribution in [-0.4, -0.2) is 49.6 Å². The van der Waals surface area contributed by atoms with E-state index in [1.54, 1.807) is 6.07 Å². The molecule has 148 valence electrons. The van der Waals surface area contributed by atoms with Crippen LogP contribution in [0.2, 0.25) is 10.0 Å². The van der Waals surface area contributed by atoms with E-state index in [4.69, 9.17) is 27.9 Å². The zero-order valence-electron chi connectivity index (χ0n) is 15.2. The third kappa shape index (κ3) is 5.94. The topological polar surface area (TPSA) is 70.7 Å². The second-order valence-corrected chi connectivity index (χ2v) is 7.26. The van der Waals surface area contributed by atoms with Gasteiger partial charge in [0.15, 0.2) is 0 Å². The van der Waals surface area contributed by atoms with Crippen LogP contribution in [0.4, 0.5) is 5.69 Å². The molecule has 0 aliphatic carbocycles. The summed E-state index contributed by atoms with van der Waals surface area (Å²) in [5.41, 5.74) is 2.20. The molecule has 0 atom stereocenters. The van der Waals surface area contributed by atoms with E-state index in [1.165, 1.54) is 17.7 Å². The highest BCUT2D eigenvalue weighted by molar-refractivity contribution is 6.42. The number of ether oxygens (including phenoxy) is 1. The van der Waals surface area contributed by atoms with Gasteiger partial charge in [0, 0.05) is 30.9 Å². The molecule has 6 nitrogen and oxygen atoms in total. The van der Waals surface area contributed by atoms with E-state index >= 15 is 0 Å². The van der Waals surface area contributed by atoms with Crippen molar-refractivity contribution in [1.82, 2.24) is 10.2 Å². The first-order valence-corrected chi connectivity index (χ1v) is 9.69. The highest BCUT2D eigenvalue weighted by Crippen LogP contribution is 2.22. The van der Waals surface area contributed by atoms with Crippen LogP contribution in [0.1, 0.15) is 15.9 Å². The first-order valence-electron chi connectivity index (χ1n) is 8.93. The molecule has 0 bridgehead atoms. The first kappa shape index (κ1) is 20.6. The summed E-state index contributed by atoms with van der Waals surface area (Å²) in [4.78, 5) is 26.5. The largest absolute Gasteiger partial charge is 0.379 e. The minimum absolute atomic E-state index is 0.144. The SMILES string of the molecule is O=C(CNC(=O)c1ccc(Cl)c(Cl)c1)Nc1ccc(CN2CCOCC2)cc1. The maximum atomic E-state index is 12.1. The van der Waals surface area contributed by atoms with E-state index in [1.807, 2.05) is 24.3 Å². The van der Waals surface area contributed by atoms with Gasteiger partial charge in [-0.2, -0.15) is 0 Å². The highest BCUT2D eigenvalue weighted by Gasteiger charge is 2.12. The summed E-state index contributed by atoms with van der Waals surface area (Å²) in [5, 5.41) is 5.98. The molecule has 0 radical (unpaired) electrons. The Morgan fingerprint density at radius 1 is 1.00 bits per heavy atom. The minimum atomic E-state index is -0.394. The van der Waals surface area contributed by atoms with Crippen LogP contribution in [-0.2, 0) is 16.1 Å². The molecule has 28 heavy (non-hydrogen) atoms. The van der Waals surface area contributed by atoms with Gasteiger partial charge in [-0.25, -0.2) is 0 Å². The molecule has 2 amide bonds. The zero-order chi connectivity index (χ0) is 19.9. The highest BCUT2D eigenvalue weighted by atomic mass is 35.5. The number of nitrogens with zero attached hydrogens (tertiary/aromatic N) is 1. The molecule has 0 aromatic heterocycles. The van der Waals surface area contributed by atoms with Crippen LogP contribution in [0.25, 0.3) is 0 Å². The third-order valence-electron chi connectivity index (χ3n) is 4.34. The van der Waals surface area contributed by atoms with Gasteiger partial charge in [0.25, 0.3) is 5.91 Å². The van der Waals surface area contributed by atoms with Crippen LogP contribution in [0, 0.1) is 0 Å². The summed E-state index contributed by atoms with van der Waals surface area (Å²) < 4.78 is 5.35. The number of anilines is 1. The van der Waals surface area contributed by atoms with Crippen molar-refractivity contribution in [1.29, 1.82) is 0 Å². The normalized spacial score (nSPS) is 14.5. The molecular formula is C20H21Cl2N3O3. The number of benzene rings is 2. The Kier molecular flexibility index (Phi) is 7.28. The summed E-state index contributed by atoms with van der Waals surface area (Å²) in [6, 6.07) is 12.2. The zero-order valence-corrected chi connectivity index (χ0v) is 16.7. The Bertz CT molecular complexity index is 837. The molecular weight excluding hydrogens is 401 g/mol. The molecule has 1 fully saturated rings. The van der Waals surface area contributed by atoms with Crippen LogP contribution < -0.4 is 10.6 Å². The van der Waals surface area contributed by atoms with Gasteiger partial charge in [0.1, 0.15) is 0 Å². The molecule has 1 heterocycles. The number of amides is 2. The summed E-state index contributed by atoms with van der Waals surface area (Å²) in [5.74, 6) is -0.705. The molecule has 2 N–H and O–H groups in total. The summed E-state index contributed by atoms with van der Waals surface area (Å²) in [6.07, 6.45) is 0. The van der Waals surface area contributed by atoms with Gasteiger partial charge in [-0.15, -0.1) is 0 Å². The number of rotatable bonds is 6. The second kappa shape index (κ2) is 9.89. The lowest BCUT2D eigenvalue weighted by atomic mass is 10.2. The van der Waals surface area contributed by atoms with Crippen molar-refractivity contribution in [2.24, 2.45) is 0 Å². The monoisotopic (exact) mass is 421 g/mol. The lowest BCUT2D eigenvalue weighted by Gasteiger charge is -2.26. The lowest BCUT2D eigenvalue weighted by molar-refractivity contribution is -0.115. The Balaban J connectivity index is 1.46. The summed E-state index contributed by atoms with van der Waals surface area (Å²) >= 11 is 11.7. The molecule has 1 aliphatic heterocycles. The van der Waals surface area contributed by atoms with E-state index in [9.17, 15) is 9.59 Å². The van der Waals surface area contributed by atoms with Crippen molar-refractivity contribution in [3.63, 3.8) is 0 Å². The van der Waals surface area contributed by atoms with Crippen LogP contribution >= 0.6 is 23.2 Å². The van der Waals surface area contributed by atoms with E-state index in [0.717, 1.165) is 32.8 Å². The fraction of sp³-hybridized carbons (Fsp3) is 0.300. The predicted molar refractivity (Wildman–Crippen MR) is 110 cm³/mol. The standard InChI is InChI=1S/C20H21Cl2N3O3/c21-17-6-3-15(11-18(17)22)20(27)23-12-19(26)24-16-4-1-14(2-5-16)13-25-7-9-28-10-8-25/h1-6,11H,7-10,12-13H2,(H,23,27)(H,24,26). The fourth-order valence-electron chi connectivity index (χ4n) is 2.82. The van der Waals surface area contributed by atoms with Crippen molar-refractivity contribution < 1.29 is 14.3 Å². The second-order valence-electron chi connectivity index (χ2n) is 6.45. The maximum absolute atomic E-state index is 12.1. The van der Waals surface area contributed by atoms with Crippen molar-refractivity contribution in [3.8, 4) is 0 Å². The average Bonchev–Trinajstić information content (AvgIpc) is 2.70. The maximum Gasteiger partial charge on any atom is 0.251 e. The van der Waals surface area contributed by atoms with E-state index < -0.39 is 5.91 Å². The van der Waals surface area contributed by atoms with Gasteiger partial charge in [-0.05, 0) is 35.9 Å². The lowest BCUT2D eigenvalue weighted by Crippen LogP contribution is -2.35. The van der Waals surface area contributed by atoms with Gasteiger partial charge in [-0.1, -0.05) is 35.3 Å². The summed E-state index contributed by atoms with van der Waals surface area (Å²) in [6.45, 7) is 4.10. The molecule has 8 heteroatoms. The van der Waals surface area contributed by atoms with Crippen molar-refractivity contribution in [2.75, 3.05) is 38.2 Å². The molecule has 0 saturated carbocycles. The molecule has 0 unspecified atom stereocenters. The predicted octanol–water partition coefficient (Wildman–Crippen LogP) is 3.19. The van der Waals surface area contributed by atoms with Gasteiger partial charge in [0.2, 0.25) is 5.91 Å². The Morgan fingerprint density at radius 3 is 2.39 bits per heavy atom. The van der Waals surface area contributed by atoms with E-state index in [-0.39, 0.29) is 17.5 Å². The Hall–Kier alpha value is -2.12. The molecule has 1 saturated heterocycles. The number of hydrogen-bond acceptors (Lipinski definition) is 4. The molecule has 2 aromatic rings. The number of carbonyl (C=O) groups excluding carboxylic acids is 2. The number of hydrogen-bond donors (Lipinski definition) is 2. The molecule has 1 aliphatic rings.